The molecule has 1 fully saturated rings. The van der Waals surface area contributed by atoms with Crippen molar-refractivity contribution in [3.8, 4) is 11.5 Å². The van der Waals surface area contributed by atoms with E-state index in [2.05, 4.69) is 21.3 Å². The van der Waals surface area contributed by atoms with Crippen LogP contribution in [0.2, 0.25) is 0 Å². The average Bonchev–Trinajstić information content (AvgIpc) is 2.78. The van der Waals surface area contributed by atoms with E-state index in [0.29, 0.717) is 16.6 Å². The van der Waals surface area contributed by atoms with Gasteiger partial charge in [-0.25, -0.2) is 4.98 Å². The van der Waals surface area contributed by atoms with Gasteiger partial charge in [-0.15, -0.1) is 0 Å². The Kier molecular flexibility index (Phi) is 7.02. The van der Waals surface area contributed by atoms with E-state index in [1.165, 1.54) is 6.08 Å². The second-order valence-corrected chi connectivity index (χ2v) is 6.85. The van der Waals surface area contributed by atoms with Crippen LogP contribution in [0.5, 0.6) is 11.5 Å². The van der Waals surface area contributed by atoms with Crippen LogP contribution in [0.4, 0.5) is 5.82 Å². The number of thiocarbonyl (C=S) groups is 1. The van der Waals surface area contributed by atoms with Gasteiger partial charge in [-0.1, -0.05) is 12.1 Å². The fourth-order valence-corrected chi connectivity index (χ4v) is 3.37. The number of benzene rings is 1. The van der Waals surface area contributed by atoms with Gasteiger partial charge in [0, 0.05) is 12.1 Å². The van der Waals surface area contributed by atoms with Crippen LogP contribution >= 0.6 is 12.2 Å². The van der Waals surface area contributed by atoms with Crippen molar-refractivity contribution in [3.05, 3.63) is 54.2 Å². The predicted octanol–water partition coefficient (Wildman–Crippen LogP) is 1.75. The SMILES string of the molecule is COc1ccc(C=CC(=O)NC(=S)N2CCN(c3cccc[nH+]3)CC2)cc1OC. The molecule has 1 aliphatic heterocycles. The van der Waals surface area contributed by atoms with Crippen LogP contribution in [0.15, 0.2) is 48.7 Å². The van der Waals surface area contributed by atoms with E-state index < -0.39 is 0 Å². The molecule has 0 aliphatic carbocycles. The highest BCUT2D eigenvalue weighted by molar-refractivity contribution is 7.80. The number of piperazine rings is 1. The molecule has 0 atom stereocenters. The number of H-pyrrole nitrogens is 1. The Morgan fingerprint density at radius 1 is 1.10 bits per heavy atom. The summed E-state index contributed by atoms with van der Waals surface area (Å²) in [7, 11) is 3.16. The molecular weight excluding hydrogens is 388 g/mol. The molecule has 2 aromatic rings. The zero-order valence-corrected chi connectivity index (χ0v) is 17.4. The Labute approximate surface area is 175 Å². The average molecular weight is 414 g/mol. The van der Waals surface area contributed by atoms with E-state index in [4.69, 9.17) is 21.7 Å². The maximum Gasteiger partial charge on any atom is 0.274 e. The van der Waals surface area contributed by atoms with E-state index in [-0.39, 0.29) is 5.91 Å². The van der Waals surface area contributed by atoms with Crippen molar-refractivity contribution in [2.75, 3.05) is 45.3 Å². The number of pyridine rings is 1. The summed E-state index contributed by atoms with van der Waals surface area (Å²) in [6.07, 6.45) is 5.09. The zero-order chi connectivity index (χ0) is 20.6. The van der Waals surface area contributed by atoms with E-state index in [9.17, 15) is 4.79 Å². The van der Waals surface area contributed by atoms with Gasteiger partial charge >= 0.3 is 0 Å². The number of nitrogens with zero attached hydrogens (tertiary/aromatic N) is 2. The molecule has 2 N–H and O–H groups in total. The second kappa shape index (κ2) is 9.88. The highest BCUT2D eigenvalue weighted by Crippen LogP contribution is 2.27. The molecule has 0 unspecified atom stereocenters. The maximum atomic E-state index is 12.2. The molecule has 0 bridgehead atoms. The normalized spacial score (nSPS) is 14.0. The maximum absolute atomic E-state index is 12.2. The summed E-state index contributed by atoms with van der Waals surface area (Å²) in [5.41, 5.74) is 0.830. The molecule has 1 aliphatic rings. The number of aromatic nitrogens is 1. The molecule has 1 aromatic carbocycles. The number of hydrogen-bond acceptors (Lipinski definition) is 5. The highest BCUT2D eigenvalue weighted by atomic mass is 32.1. The Morgan fingerprint density at radius 3 is 2.52 bits per heavy atom. The van der Waals surface area contributed by atoms with E-state index in [1.54, 1.807) is 32.4 Å². The Balaban J connectivity index is 1.51. The van der Waals surface area contributed by atoms with Crippen LogP contribution in [0, 0.1) is 0 Å². The first kappa shape index (κ1) is 20.6. The number of aromatic amines is 1. The van der Waals surface area contributed by atoms with Crippen molar-refractivity contribution >= 4 is 35.1 Å². The minimum absolute atomic E-state index is 0.261. The summed E-state index contributed by atoms with van der Waals surface area (Å²) in [6.45, 7) is 3.17. The third-order valence-corrected chi connectivity index (χ3v) is 5.03. The Morgan fingerprint density at radius 2 is 1.86 bits per heavy atom. The molecule has 0 radical (unpaired) electrons. The molecule has 1 saturated heterocycles. The van der Waals surface area contributed by atoms with E-state index in [1.807, 2.05) is 29.3 Å². The number of carbonyl (C=O) groups excluding carboxylic acids is 1. The van der Waals surface area contributed by atoms with Crippen LogP contribution in [0.3, 0.4) is 0 Å². The lowest BCUT2D eigenvalue weighted by molar-refractivity contribution is -0.364. The second-order valence-electron chi connectivity index (χ2n) is 6.46. The molecule has 152 valence electrons. The molecule has 1 amide bonds. The monoisotopic (exact) mass is 413 g/mol. The number of anilines is 1. The van der Waals surface area contributed by atoms with E-state index >= 15 is 0 Å². The van der Waals surface area contributed by atoms with Gasteiger partial charge in [0.25, 0.3) is 5.82 Å². The highest BCUT2D eigenvalue weighted by Gasteiger charge is 2.24. The zero-order valence-electron chi connectivity index (χ0n) is 16.6. The molecule has 7 nitrogen and oxygen atoms in total. The van der Waals surface area contributed by atoms with Gasteiger partial charge in [0.1, 0.15) is 13.1 Å². The fraction of sp³-hybridized carbons (Fsp3) is 0.286. The number of amides is 1. The first-order chi connectivity index (χ1) is 14.1. The lowest BCUT2D eigenvalue weighted by atomic mass is 10.2. The molecule has 29 heavy (non-hydrogen) atoms. The van der Waals surface area contributed by atoms with Crippen LogP contribution < -0.4 is 24.7 Å². The van der Waals surface area contributed by atoms with Crippen LogP contribution in [-0.2, 0) is 4.79 Å². The largest absolute Gasteiger partial charge is 0.493 e. The number of hydrogen-bond donors (Lipinski definition) is 1. The van der Waals surface area contributed by atoms with Gasteiger partial charge in [0.15, 0.2) is 16.6 Å². The third kappa shape index (κ3) is 5.45. The molecule has 0 spiro atoms. The molecule has 0 saturated carbocycles. The smallest absolute Gasteiger partial charge is 0.274 e. The standard InChI is InChI=1S/C21H24N4O3S/c1-27-17-8-6-16(15-18(17)28-2)7-9-20(26)23-21(29)25-13-11-24(12-14-25)19-5-3-4-10-22-19/h3-10,15H,11-14H2,1-2H3,(H,23,26,29)/p+1. The topological polar surface area (TPSA) is 68.2 Å². The molecule has 1 aromatic heterocycles. The summed E-state index contributed by atoms with van der Waals surface area (Å²) in [5, 5.41) is 3.22. The lowest BCUT2D eigenvalue weighted by Crippen LogP contribution is -2.53. The van der Waals surface area contributed by atoms with Gasteiger partial charge < -0.3 is 14.4 Å². The van der Waals surface area contributed by atoms with Gasteiger partial charge in [0.2, 0.25) is 5.91 Å². The van der Waals surface area contributed by atoms with Gasteiger partial charge in [-0.3, -0.25) is 15.0 Å². The number of nitrogens with one attached hydrogen (secondary N) is 2. The summed E-state index contributed by atoms with van der Waals surface area (Å²) in [5.74, 6) is 2.07. The van der Waals surface area contributed by atoms with Gasteiger partial charge in [-0.05, 0) is 42.1 Å². The number of carbonyl (C=O) groups is 1. The van der Waals surface area contributed by atoms with Crippen molar-refractivity contribution in [2.24, 2.45) is 0 Å². The van der Waals surface area contributed by atoms with Gasteiger partial charge in [0.05, 0.1) is 33.5 Å². The number of methoxy groups -OCH3 is 2. The molecular formula is C21H25N4O3S+. The first-order valence-electron chi connectivity index (χ1n) is 9.32. The first-order valence-corrected chi connectivity index (χ1v) is 9.73. The quantitative estimate of drug-likeness (QED) is 0.595. The van der Waals surface area contributed by atoms with Crippen molar-refractivity contribution in [3.63, 3.8) is 0 Å². The van der Waals surface area contributed by atoms with Crippen molar-refractivity contribution in [1.29, 1.82) is 0 Å². The molecule has 3 rings (SSSR count). The fourth-order valence-electron chi connectivity index (χ4n) is 3.09. The Hall–Kier alpha value is -3.13. The van der Waals surface area contributed by atoms with Crippen molar-refractivity contribution < 1.29 is 19.3 Å². The van der Waals surface area contributed by atoms with Crippen LogP contribution in [0.1, 0.15) is 5.56 Å². The summed E-state index contributed by atoms with van der Waals surface area (Å²) >= 11 is 5.41. The minimum Gasteiger partial charge on any atom is -0.493 e. The number of ether oxygens (including phenoxy) is 2. The minimum atomic E-state index is -0.261. The number of rotatable bonds is 5. The summed E-state index contributed by atoms with van der Waals surface area (Å²) in [6, 6.07) is 11.5. The van der Waals surface area contributed by atoms with Gasteiger partial charge in [-0.2, -0.15) is 0 Å². The van der Waals surface area contributed by atoms with E-state index in [0.717, 1.165) is 37.6 Å². The third-order valence-electron chi connectivity index (χ3n) is 4.67. The molecule has 8 heteroatoms. The predicted molar refractivity (Wildman–Crippen MR) is 116 cm³/mol. The Bertz CT molecular complexity index is 881. The molecule has 2 heterocycles. The summed E-state index contributed by atoms with van der Waals surface area (Å²) < 4.78 is 10.5. The van der Waals surface area contributed by atoms with Crippen molar-refractivity contribution in [1.82, 2.24) is 10.2 Å². The van der Waals surface area contributed by atoms with Crippen LogP contribution in [0.25, 0.3) is 6.08 Å². The van der Waals surface area contributed by atoms with Crippen molar-refractivity contribution in [2.45, 2.75) is 0 Å². The van der Waals surface area contributed by atoms with Crippen LogP contribution in [-0.4, -0.2) is 56.3 Å². The lowest BCUT2D eigenvalue weighted by Gasteiger charge is -2.32. The summed E-state index contributed by atoms with van der Waals surface area (Å²) in [4.78, 5) is 19.8.